The molecule has 2 atom stereocenters. The molecule has 6 heteroatoms. The topological polar surface area (TPSA) is 97.1 Å². The van der Waals surface area contributed by atoms with Gasteiger partial charge in [-0.05, 0) is 49.6 Å². The summed E-state index contributed by atoms with van der Waals surface area (Å²) < 4.78 is 0. The summed E-state index contributed by atoms with van der Waals surface area (Å²) in [5.41, 5.74) is 8.07. The minimum atomic E-state index is -0.433. The normalized spacial score (nSPS) is 22.1. The highest BCUT2D eigenvalue weighted by atomic mass is 16.2. The van der Waals surface area contributed by atoms with Crippen LogP contribution in [0.1, 0.15) is 48.5 Å². The van der Waals surface area contributed by atoms with Gasteiger partial charge in [0.1, 0.15) is 0 Å². The molecule has 1 aliphatic rings. The van der Waals surface area contributed by atoms with Gasteiger partial charge in [-0.15, -0.1) is 0 Å². The Kier molecular flexibility index (Phi) is 5.86. The maximum atomic E-state index is 12.5. The van der Waals surface area contributed by atoms with Crippen molar-refractivity contribution in [1.82, 2.24) is 10.3 Å². The summed E-state index contributed by atoms with van der Waals surface area (Å²) >= 11 is 0. The van der Waals surface area contributed by atoms with Crippen molar-refractivity contribution < 1.29 is 9.59 Å². The average Bonchev–Trinajstić information content (AvgIpc) is 2.67. The summed E-state index contributed by atoms with van der Waals surface area (Å²) in [5.74, 6) is -0.311. The third-order valence-corrected chi connectivity index (χ3v) is 5.19. The van der Waals surface area contributed by atoms with Gasteiger partial charge in [-0.25, -0.2) is 0 Å². The van der Waals surface area contributed by atoms with Gasteiger partial charge in [-0.2, -0.15) is 0 Å². The third kappa shape index (κ3) is 4.92. The van der Waals surface area contributed by atoms with Crippen LogP contribution in [0.3, 0.4) is 0 Å². The smallest absolute Gasteiger partial charge is 0.255 e. The molecule has 2 unspecified atom stereocenters. The van der Waals surface area contributed by atoms with Crippen LogP contribution < -0.4 is 16.4 Å². The molecule has 6 nitrogen and oxygen atoms in total. The number of carbonyl (C=O) groups excluding carboxylic acids is 2. The van der Waals surface area contributed by atoms with E-state index >= 15 is 0 Å². The van der Waals surface area contributed by atoms with Crippen LogP contribution in [-0.4, -0.2) is 22.3 Å². The van der Waals surface area contributed by atoms with E-state index in [1.54, 1.807) is 36.7 Å². The van der Waals surface area contributed by atoms with E-state index in [4.69, 9.17) is 5.73 Å². The Hall–Kier alpha value is -2.73. The summed E-state index contributed by atoms with van der Waals surface area (Å²) in [6.07, 6.45) is 7.10. The monoisotopic (exact) mass is 366 g/mol. The number of nitrogens with zero attached hydrogens (tertiary/aromatic N) is 1. The quantitative estimate of drug-likeness (QED) is 0.758. The summed E-state index contributed by atoms with van der Waals surface area (Å²) in [6, 6.07) is 10.7. The largest absolute Gasteiger partial charge is 0.352 e. The minimum absolute atomic E-state index is 0.0132. The number of anilines is 1. The van der Waals surface area contributed by atoms with E-state index < -0.39 is 5.54 Å². The number of rotatable bonds is 5. The van der Waals surface area contributed by atoms with Crippen molar-refractivity contribution in [3.8, 4) is 0 Å². The zero-order chi connectivity index (χ0) is 19.3. The first-order valence-electron chi connectivity index (χ1n) is 9.32. The van der Waals surface area contributed by atoms with E-state index in [0.29, 0.717) is 17.8 Å². The lowest BCUT2D eigenvalue weighted by Crippen LogP contribution is -2.52. The number of aromatic nitrogens is 1. The van der Waals surface area contributed by atoms with Gasteiger partial charge in [0, 0.05) is 35.7 Å². The summed E-state index contributed by atoms with van der Waals surface area (Å²) in [6.45, 7) is 2.39. The first-order valence-corrected chi connectivity index (χ1v) is 9.32. The van der Waals surface area contributed by atoms with E-state index in [0.717, 1.165) is 31.2 Å². The van der Waals surface area contributed by atoms with Gasteiger partial charge in [0.2, 0.25) is 5.91 Å². The number of nitrogens with two attached hydrogens (primary N) is 1. The van der Waals surface area contributed by atoms with E-state index in [1.165, 1.54) is 0 Å². The fourth-order valence-electron chi connectivity index (χ4n) is 3.51. The molecule has 1 aromatic carbocycles. The number of benzene rings is 1. The number of pyridine rings is 1. The van der Waals surface area contributed by atoms with Gasteiger partial charge in [0.25, 0.3) is 5.91 Å². The van der Waals surface area contributed by atoms with Crippen LogP contribution in [0.5, 0.6) is 0 Å². The lowest BCUT2D eigenvalue weighted by molar-refractivity contribution is -0.128. The molecule has 0 bridgehead atoms. The molecule has 2 amide bonds. The second-order valence-electron chi connectivity index (χ2n) is 7.41. The molecule has 4 N–H and O–H groups in total. The Morgan fingerprint density at radius 2 is 1.85 bits per heavy atom. The van der Waals surface area contributed by atoms with E-state index in [9.17, 15) is 9.59 Å². The van der Waals surface area contributed by atoms with Crippen molar-refractivity contribution in [2.75, 3.05) is 5.32 Å². The van der Waals surface area contributed by atoms with Gasteiger partial charge < -0.3 is 16.4 Å². The molecule has 0 spiro atoms. The second-order valence-corrected chi connectivity index (χ2v) is 7.41. The van der Waals surface area contributed by atoms with E-state index in [1.807, 2.05) is 19.1 Å². The molecule has 0 saturated heterocycles. The molecule has 27 heavy (non-hydrogen) atoms. The van der Waals surface area contributed by atoms with Crippen molar-refractivity contribution in [3.63, 3.8) is 0 Å². The predicted molar refractivity (Wildman–Crippen MR) is 105 cm³/mol. The summed E-state index contributed by atoms with van der Waals surface area (Å²) in [5, 5.41) is 5.80. The lowest BCUT2D eigenvalue weighted by atomic mass is 9.74. The number of nitrogens with one attached hydrogen (secondary N) is 2. The van der Waals surface area contributed by atoms with Crippen molar-refractivity contribution in [2.24, 2.45) is 11.7 Å². The van der Waals surface area contributed by atoms with Gasteiger partial charge in [-0.1, -0.05) is 25.0 Å². The molecule has 0 aliphatic heterocycles. The highest BCUT2D eigenvalue weighted by Gasteiger charge is 2.37. The molecular weight excluding hydrogens is 340 g/mol. The first kappa shape index (κ1) is 19.0. The Balaban J connectivity index is 1.54. The second kappa shape index (κ2) is 8.31. The van der Waals surface area contributed by atoms with Crippen molar-refractivity contribution >= 4 is 17.5 Å². The number of hydrogen-bond donors (Lipinski definition) is 3. The third-order valence-electron chi connectivity index (χ3n) is 5.19. The SMILES string of the molecule is CC1(N)CCCCC1C(=O)NCc1ccc(C(=O)Nc2ccncc2)cc1. The zero-order valence-corrected chi connectivity index (χ0v) is 15.6. The van der Waals surface area contributed by atoms with Crippen molar-refractivity contribution in [1.29, 1.82) is 0 Å². The molecule has 1 fully saturated rings. The molecule has 1 heterocycles. The summed E-state index contributed by atoms with van der Waals surface area (Å²) in [7, 11) is 0. The molecule has 142 valence electrons. The van der Waals surface area contributed by atoms with Gasteiger partial charge in [-0.3, -0.25) is 14.6 Å². The summed E-state index contributed by atoms with van der Waals surface area (Å²) in [4.78, 5) is 28.7. The number of hydrogen-bond acceptors (Lipinski definition) is 4. The minimum Gasteiger partial charge on any atom is -0.352 e. The Morgan fingerprint density at radius 1 is 1.15 bits per heavy atom. The van der Waals surface area contributed by atoms with Gasteiger partial charge in [0.15, 0.2) is 0 Å². The predicted octanol–water partition coefficient (Wildman–Crippen LogP) is 2.86. The molecule has 1 aliphatic carbocycles. The van der Waals surface area contributed by atoms with Gasteiger partial charge in [0.05, 0.1) is 5.92 Å². The molecular formula is C21H26N4O2. The zero-order valence-electron chi connectivity index (χ0n) is 15.6. The first-order chi connectivity index (χ1) is 13.0. The van der Waals surface area contributed by atoms with Crippen LogP contribution in [0, 0.1) is 5.92 Å². The van der Waals surface area contributed by atoms with Crippen LogP contribution in [-0.2, 0) is 11.3 Å². The molecule has 1 saturated carbocycles. The van der Waals surface area contributed by atoms with E-state index in [-0.39, 0.29) is 17.7 Å². The fraction of sp³-hybridized carbons (Fsp3) is 0.381. The van der Waals surface area contributed by atoms with Crippen LogP contribution in [0.15, 0.2) is 48.8 Å². The van der Waals surface area contributed by atoms with Crippen molar-refractivity contribution in [2.45, 2.75) is 44.7 Å². The van der Waals surface area contributed by atoms with Crippen LogP contribution >= 0.6 is 0 Å². The fourth-order valence-corrected chi connectivity index (χ4v) is 3.51. The lowest BCUT2D eigenvalue weighted by Gasteiger charge is -2.37. The molecule has 2 aromatic rings. The van der Waals surface area contributed by atoms with Crippen molar-refractivity contribution in [3.05, 3.63) is 59.9 Å². The Morgan fingerprint density at radius 3 is 2.52 bits per heavy atom. The molecule has 3 rings (SSSR count). The maximum Gasteiger partial charge on any atom is 0.255 e. The van der Waals surface area contributed by atoms with Crippen LogP contribution in [0.2, 0.25) is 0 Å². The number of amides is 2. The Labute approximate surface area is 159 Å². The highest BCUT2D eigenvalue weighted by Crippen LogP contribution is 2.31. The standard InChI is InChI=1S/C21H26N4O2/c1-21(22)11-3-2-4-18(21)20(27)24-14-15-5-7-16(8-6-15)19(26)25-17-9-12-23-13-10-17/h5-10,12-13,18H,2-4,11,14,22H2,1H3,(H,24,27)(H,23,25,26). The maximum absolute atomic E-state index is 12.5. The average molecular weight is 366 g/mol. The van der Waals surface area contributed by atoms with E-state index in [2.05, 4.69) is 15.6 Å². The highest BCUT2D eigenvalue weighted by molar-refractivity contribution is 6.04. The molecule has 0 radical (unpaired) electrons. The Bertz CT molecular complexity index is 788. The molecule has 1 aromatic heterocycles. The van der Waals surface area contributed by atoms with Crippen LogP contribution in [0.4, 0.5) is 5.69 Å². The number of carbonyl (C=O) groups is 2. The van der Waals surface area contributed by atoms with Crippen LogP contribution in [0.25, 0.3) is 0 Å². The van der Waals surface area contributed by atoms with Gasteiger partial charge >= 0.3 is 0 Å².